The highest BCUT2D eigenvalue weighted by atomic mass is 79.9. The van der Waals surface area contributed by atoms with Crippen molar-refractivity contribution in [3.63, 3.8) is 0 Å². The monoisotopic (exact) mass is 371 g/mol. The lowest BCUT2D eigenvalue weighted by Crippen LogP contribution is -2.13. The quantitative estimate of drug-likeness (QED) is 0.897. The first kappa shape index (κ1) is 14.8. The van der Waals surface area contributed by atoms with Crippen molar-refractivity contribution in [3.8, 4) is 6.07 Å². The third kappa shape index (κ3) is 3.28. The van der Waals surface area contributed by atoms with E-state index in [9.17, 15) is 8.42 Å². The van der Waals surface area contributed by atoms with Gasteiger partial charge in [0.15, 0.2) is 0 Å². The zero-order valence-corrected chi connectivity index (χ0v) is 13.0. The molecule has 5 nitrogen and oxygen atoms in total. The van der Waals surface area contributed by atoms with Gasteiger partial charge in [0.1, 0.15) is 11.0 Å². The molecular weight excluding hydrogens is 366 g/mol. The summed E-state index contributed by atoms with van der Waals surface area (Å²) in [4.78, 5) is 3.82. The molecule has 20 heavy (non-hydrogen) atoms. The molecule has 1 aromatic heterocycles. The van der Waals surface area contributed by atoms with E-state index in [1.54, 1.807) is 0 Å². The molecule has 0 unspecified atom stereocenters. The molecular formula is C12H7BrClN3O2S. The molecule has 0 aliphatic carbocycles. The first-order valence-electron chi connectivity index (χ1n) is 5.25. The molecule has 0 fully saturated rings. The Hall–Kier alpha value is -1.62. The van der Waals surface area contributed by atoms with Gasteiger partial charge in [0.25, 0.3) is 10.0 Å². The van der Waals surface area contributed by atoms with Crippen LogP contribution in [0, 0.1) is 11.3 Å². The van der Waals surface area contributed by atoms with Crippen molar-refractivity contribution >= 4 is 43.2 Å². The van der Waals surface area contributed by atoms with Crippen molar-refractivity contribution in [1.82, 2.24) is 4.98 Å². The Morgan fingerprint density at radius 2 is 2.05 bits per heavy atom. The fourth-order valence-electron chi connectivity index (χ4n) is 1.42. The number of nitrogens with one attached hydrogen (secondary N) is 1. The third-order valence-corrected chi connectivity index (χ3v) is 4.43. The normalized spacial score (nSPS) is 10.8. The highest BCUT2D eigenvalue weighted by Crippen LogP contribution is 2.23. The van der Waals surface area contributed by atoms with Gasteiger partial charge in [0, 0.05) is 16.9 Å². The number of pyridine rings is 1. The van der Waals surface area contributed by atoms with Crippen molar-refractivity contribution < 1.29 is 8.42 Å². The Labute approximate surface area is 129 Å². The average molecular weight is 373 g/mol. The van der Waals surface area contributed by atoms with Gasteiger partial charge in [-0.2, -0.15) is 5.26 Å². The Morgan fingerprint density at radius 3 is 2.65 bits per heavy atom. The zero-order chi connectivity index (χ0) is 14.8. The topological polar surface area (TPSA) is 82.9 Å². The number of sulfonamides is 1. The van der Waals surface area contributed by atoms with Crippen LogP contribution >= 0.6 is 27.5 Å². The molecule has 0 saturated heterocycles. The summed E-state index contributed by atoms with van der Waals surface area (Å²) in [6, 6.07) is 7.62. The van der Waals surface area contributed by atoms with Crippen LogP contribution in [-0.4, -0.2) is 13.4 Å². The number of nitrogens with zero attached hydrogens (tertiary/aromatic N) is 2. The van der Waals surface area contributed by atoms with Crippen molar-refractivity contribution in [2.24, 2.45) is 0 Å². The van der Waals surface area contributed by atoms with Gasteiger partial charge in [0.2, 0.25) is 0 Å². The summed E-state index contributed by atoms with van der Waals surface area (Å²) in [5.41, 5.74) is 0.549. The maximum atomic E-state index is 12.1. The molecule has 0 radical (unpaired) electrons. The van der Waals surface area contributed by atoms with E-state index in [-0.39, 0.29) is 21.2 Å². The minimum Gasteiger partial charge on any atom is -0.280 e. The van der Waals surface area contributed by atoms with Crippen molar-refractivity contribution in [1.29, 1.82) is 5.26 Å². The van der Waals surface area contributed by atoms with E-state index in [2.05, 4.69) is 25.6 Å². The molecule has 1 N–H and O–H groups in total. The lowest BCUT2D eigenvalue weighted by molar-refractivity contribution is 0.600. The Bertz CT molecular complexity index is 803. The first-order valence-corrected chi connectivity index (χ1v) is 7.91. The van der Waals surface area contributed by atoms with Crippen LogP contribution in [-0.2, 0) is 10.0 Å². The van der Waals surface area contributed by atoms with E-state index < -0.39 is 10.0 Å². The van der Waals surface area contributed by atoms with Gasteiger partial charge >= 0.3 is 0 Å². The predicted octanol–water partition coefficient (Wildman–Crippen LogP) is 3.17. The molecule has 0 spiro atoms. The molecule has 1 heterocycles. The van der Waals surface area contributed by atoms with Gasteiger partial charge < -0.3 is 0 Å². The molecule has 102 valence electrons. The SMILES string of the molecule is N#Cc1ccc(NS(=O)(=O)c2cncc(Br)c2)cc1Cl. The van der Waals surface area contributed by atoms with Crippen LogP contribution in [0.2, 0.25) is 5.02 Å². The van der Waals surface area contributed by atoms with Gasteiger partial charge in [-0.1, -0.05) is 11.6 Å². The molecule has 0 amide bonds. The largest absolute Gasteiger partial charge is 0.280 e. The number of hydrogen-bond acceptors (Lipinski definition) is 4. The van der Waals surface area contributed by atoms with Crippen LogP contribution in [0.3, 0.4) is 0 Å². The minimum atomic E-state index is -3.76. The summed E-state index contributed by atoms with van der Waals surface area (Å²) in [6.45, 7) is 0. The van der Waals surface area contributed by atoms with Gasteiger partial charge in [-0.05, 0) is 40.2 Å². The highest BCUT2D eigenvalue weighted by molar-refractivity contribution is 9.10. The number of anilines is 1. The number of halogens is 2. The molecule has 1 aromatic carbocycles. The second kappa shape index (κ2) is 5.79. The highest BCUT2D eigenvalue weighted by Gasteiger charge is 2.15. The second-order valence-electron chi connectivity index (χ2n) is 3.75. The van der Waals surface area contributed by atoms with Crippen molar-refractivity contribution in [3.05, 3.63) is 51.7 Å². The van der Waals surface area contributed by atoms with Crippen LogP contribution in [0.1, 0.15) is 5.56 Å². The lowest BCUT2D eigenvalue weighted by atomic mass is 10.2. The van der Waals surface area contributed by atoms with Crippen molar-refractivity contribution in [2.75, 3.05) is 4.72 Å². The number of rotatable bonds is 3. The second-order valence-corrected chi connectivity index (χ2v) is 6.76. The smallest absolute Gasteiger partial charge is 0.263 e. The fraction of sp³-hybridized carbons (Fsp3) is 0. The zero-order valence-electron chi connectivity index (χ0n) is 9.84. The predicted molar refractivity (Wildman–Crippen MR) is 78.9 cm³/mol. The van der Waals surface area contributed by atoms with Crippen LogP contribution in [0.15, 0.2) is 46.0 Å². The van der Waals surface area contributed by atoms with E-state index in [0.29, 0.717) is 4.47 Å². The lowest BCUT2D eigenvalue weighted by Gasteiger charge is -2.08. The summed E-state index contributed by atoms with van der Waals surface area (Å²) in [6.07, 6.45) is 2.72. The van der Waals surface area contributed by atoms with Gasteiger partial charge in [-0.3, -0.25) is 9.71 Å². The molecule has 2 aromatic rings. The Balaban J connectivity index is 2.34. The molecule has 0 saturated carbocycles. The fourth-order valence-corrected chi connectivity index (χ4v) is 3.20. The maximum absolute atomic E-state index is 12.1. The Kier molecular flexibility index (Phi) is 4.28. The van der Waals surface area contributed by atoms with E-state index >= 15 is 0 Å². The molecule has 2 rings (SSSR count). The van der Waals surface area contributed by atoms with E-state index in [1.165, 1.54) is 36.7 Å². The number of hydrogen-bond donors (Lipinski definition) is 1. The van der Waals surface area contributed by atoms with Crippen LogP contribution in [0.5, 0.6) is 0 Å². The molecule has 0 aliphatic rings. The molecule has 0 atom stereocenters. The maximum Gasteiger partial charge on any atom is 0.263 e. The molecule has 0 bridgehead atoms. The number of benzene rings is 1. The van der Waals surface area contributed by atoms with Gasteiger partial charge in [0.05, 0.1) is 16.3 Å². The summed E-state index contributed by atoms with van der Waals surface area (Å²) in [5, 5.41) is 8.94. The third-order valence-electron chi connectivity index (χ3n) is 2.33. The Morgan fingerprint density at radius 1 is 1.30 bits per heavy atom. The summed E-state index contributed by atoms with van der Waals surface area (Å²) < 4.78 is 27.2. The van der Waals surface area contributed by atoms with Crippen LogP contribution in [0.4, 0.5) is 5.69 Å². The summed E-state index contributed by atoms with van der Waals surface area (Å²) >= 11 is 9.01. The first-order chi connectivity index (χ1) is 9.42. The standard InChI is InChI=1S/C12H7BrClN3O2S/c13-9-3-11(7-16-6-9)20(18,19)17-10-2-1-8(5-15)12(14)4-10/h1-4,6-7,17H. The molecule has 8 heteroatoms. The van der Waals surface area contributed by atoms with Gasteiger partial charge in [-0.25, -0.2) is 8.42 Å². The minimum absolute atomic E-state index is 0.0207. The number of aromatic nitrogens is 1. The summed E-state index contributed by atoms with van der Waals surface area (Å²) in [5.74, 6) is 0. The van der Waals surface area contributed by atoms with Crippen LogP contribution in [0.25, 0.3) is 0 Å². The van der Waals surface area contributed by atoms with Gasteiger partial charge in [-0.15, -0.1) is 0 Å². The van der Waals surface area contributed by atoms with Crippen LogP contribution < -0.4 is 4.72 Å². The number of nitriles is 1. The van der Waals surface area contributed by atoms with E-state index in [4.69, 9.17) is 16.9 Å². The van der Waals surface area contributed by atoms with E-state index in [1.807, 2.05) is 6.07 Å². The van der Waals surface area contributed by atoms with Crippen molar-refractivity contribution in [2.45, 2.75) is 4.90 Å². The molecule has 0 aliphatic heterocycles. The van der Waals surface area contributed by atoms with E-state index in [0.717, 1.165) is 0 Å². The average Bonchev–Trinajstić information content (AvgIpc) is 2.38. The summed E-state index contributed by atoms with van der Waals surface area (Å²) in [7, 11) is -3.76.